The third-order valence-electron chi connectivity index (χ3n) is 4.85. The summed E-state index contributed by atoms with van der Waals surface area (Å²) >= 11 is 3.43. The molecule has 0 saturated carbocycles. The zero-order valence-electron chi connectivity index (χ0n) is 14.8. The van der Waals surface area contributed by atoms with E-state index in [1.165, 1.54) is 0 Å². The highest BCUT2D eigenvalue weighted by Gasteiger charge is 2.26. The maximum Gasteiger partial charge on any atom is 0.227 e. The van der Waals surface area contributed by atoms with E-state index in [4.69, 9.17) is 0 Å². The third-order valence-corrected chi connectivity index (χ3v) is 5.38. The first-order chi connectivity index (χ1) is 12.6. The van der Waals surface area contributed by atoms with E-state index < -0.39 is 0 Å². The largest absolute Gasteiger partial charge is 0.349 e. The molecule has 26 heavy (non-hydrogen) atoms. The van der Waals surface area contributed by atoms with E-state index in [1.807, 2.05) is 48.5 Å². The van der Waals surface area contributed by atoms with Crippen molar-refractivity contribution in [3.63, 3.8) is 0 Å². The minimum Gasteiger partial charge on any atom is -0.349 e. The molecule has 2 amide bonds. The van der Waals surface area contributed by atoms with Crippen LogP contribution in [0.3, 0.4) is 0 Å². The molecule has 0 bridgehead atoms. The number of hydrogen-bond donors (Lipinski definition) is 2. The van der Waals surface area contributed by atoms with Crippen LogP contribution in [0.4, 0.5) is 5.69 Å². The van der Waals surface area contributed by atoms with Gasteiger partial charge in [0.25, 0.3) is 0 Å². The Morgan fingerprint density at radius 1 is 1.23 bits per heavy atom. The van der Waals surface area contributed by atoms with E-state index in [2.05, 4.69) is 33.5 Å². The second kappa shape index (κ2) is 8.49. The number of para-hydroxylation sites is 1. The number of hydrogen-bond acceptors (Lipinski definition) is 2. The van der Waals surface area contributed by atoms with Gasteiger partial charge in [0, 0.05) is 22.5 Å². The highest BCUT2D eigenvalue weighted by Crippen LogP contribution is 2.27. The van der Waals surface area contributed by atoms with Crippen molar-refractivity contribution in [1.29, 1.82) is 0 Å². The summed E-state index contributed by atoms with van der Waals surface area (Å²) in [6.45, 7) is 2.05. The fourth-order valence-corrected chi connectivity index (χ4v) is 3.60. The van der Waals surface area contributed by atoms with Gasteiger partial charge in [-0.2, -0.15) is 0 Å². The SMILES string of the molecule is CCC(NC(=O)CCC1Cc2ccccc2NC1=O)c1ccc(Br)cc1. The van der Waals surface area contributed by atoms with Crippen LogP contribution in [0, 0.1) is 5.92 Å². The summed E-state index contributed by atoms with van der Waals surface area (Å²) in [6.07, 6.45) is 2.43. The molecule has 2 unspecified atom stereocenters. The first-order valence-corrected chi connectivity index (χ1v) is 9.79. The molecule has 5 heteroatoms. The lowest BCUT2D eigenvalue weighted by Gasteiger charge is -2.24. The molecule has 1 heterocycles. The first-order valence-electron chi connectivity index (χ1n) is 9.00. The second-order valence-corrected chi connectivity index (χ2v) is 7.58. The van der Waals surface area contributed by atoms with Gasteiger partial charge in [0.05, 0.1) is 6.04 Å². The molecule has 2 aromatic rings. The molecular weight excluding hydrogens is 392 g/mol. The predicted molar refractivity (Wildman–Crippen MR) is 107 cm³/mol. The smallest absolute Gasteiger partial charge is 0.227 e. The lowest BCUT2D eigenvalue weighted by Crippen LogP contribution is -2.32. The summed E-state index contributed by atoms with van der Waals surface area (Å²) in [5.41, 5.74) is 3.12. The summed E-state index contributed by atoms with van der Waals surface area (Å²) in [5.74, 6) is -0.147. The molecule has 2 aromatic carbocycles. The highest BCUT2D eigenvalue weighted by atomic mass is 79.9. The number of benzene rings is 2. The number of carbonyl (C=O) groups excluding carboxylic acids is 2. The minimum atomic E-state index is -0.150. The molecule has 136 valence electrons. The summed E-state index contributed by atoms with van der Waals surface area (Å²) in [5, 5.41) is 6.03. The van der Waals surface area contributed by atoms with Crippen LogP contribution in [-0.4, -0.2) is 11.8 Å². The molecule has 0 fully saturated rings. The van der Waals surface area contributed by atoms with E-state index in [9.17, 15) is 9.59 Å². The normalized spacial score (nSPS) is 17.2. The Bertz CT molecular complexity index is 789. The average Bonchev–Trinajstić information content (AvgIpc) is 2.65. The summed E-state index contributed by atoms with van der Waals surface area (Å²) in [6, 6.07) is 15.8. The maximum atomic E-state index is 12.4. The van der Waals surface area contributed by atoms with Crippen molar-refractivity contribution < 1.29 is 9.59 Å². The molecule has 0 spiro atoms. The Morgan fingerprint density at radius 2 is 1.96 bits per heavy atom. The number of nitrogens with one attached hydrogen (secondary N) is 2. The number of carbonyl (C=O) groups is 2. The Morgan fingerprint density at radius 3 is 2.69 bits per heavy atom. The van der Waals surface area contributed by atoms with E-state index in [0.717, 1.165) is 27.7 Å². The Balaban J connectivity index is 1.55. The van der Waals surface area contributed by atoms with Gasteiger partial charge < -0.3 is 10.6 Å². The topological polar surface area (TPSA) is 58.2 Å². The van der Waals surface area contributed by atoms with E-state index in [1.54, 1.807) is 0 Å². The molecule has 1 aliphatic rings. The summed E-state index contributed by atoms with van der Waals surface area (Å²) < 4.78 is 1.02. The number of anilines is 1. The van der Waals surface area contributed by atoms with Gasteiger partial charge >= 0.3 is 0 Å². The van der Waals surface area contributed by atoms with Crippen LogP contribution in [0.15, 0.2) is 53.0 Å². The summed E-state index contributed by atoms with van der Waals surface area (Å²) in [4.78, 5) is 24.6. The lowest BCUT2D eigenvalue weighted by molar-refractivity contribution is -0.123. The minimum absolute atomic E-state index is 0.00323. The quantitative estimate of drug-likeness (QED) is 0.724. The first kappa shape index (κ1) is 18.6. The molecule has 0 aliphatic carbocycles. The van der Waals surface area contributed by atoms with Gasteiger partial charge in [-0.3, -0.25) is 9.59 Å². The number of rotatable bonds is 6. The molecule has 2 N–H and O–H groups in total. The van der Waals surface area contributed by atoms with Crippen LogP contribution in [-0.2, 0) is 16.0 Å². The van der Waals surface area contributed by atoms with E-state index in [0.29, 0.717) is 19.3 Å². The monoisotopic (exact) mass is 414 g/mol. The molecule has 4 nitrogen and oxygen atoms in total. The van der Waals surface area contributed by atoms with Crippen molar-refractivity contribution in [2.45, 2.75) is 38.6 Å². The van der Waals surface area contributed by atoms with Crippen molar-refractivity contribution in [2.75, 3.05) is 5.32 Å². The van der Waals surface area contributed by atoms with Crippen LogP contribution in [0.1, 0.15) is 43.4 Å². The van der Waals surface area contributed by atoms with Crippen LogP contribution in [0.5, 0.6) is 0 Å². The Labute approximate surface area is 162 Å². The fourth-order valence-electron chi connectivity index (χ4n) is 3.33. The molecule has 2 atom stereocenters. The summed E-state index contributed by atoms with van der Waals surface area (Å²) in [7, 11) is 0. The van der Waals surface area contributed by atoms with Gasteiger partial charge in [-0.15, -0.1) is 0 Å². The number of amides is 2. The third kappa shape index (κ3) is 4.52. The maximum absolute atomic E-state index is 12.4. The molecule has 1 aliphatic heterocycles. The molecule has 0 saturated heterocycles. The zero-order chi connectivity index (χ0) is 18.5. The Hall–Kier alpha value is -2.14. The second-order valence-electron chi connectivity index (χ2n) is 6.67. The van der Waals surface area contributed by atoms with Gasteiger partial charge in [-0.25, -0.2) is 0 Å². The lowest BCUT2D eigenvalue weighted by atomic mass is 9.89. The van der Waals surface area contributed by atoms with Gasteiger partial charge in [-0.05, 0) is 48.6 Å². The van der Waals surface area contributed by atoms with Crippen molar-refractivity contribution in [3.8, 4) is 0 Å². The van der Waals surface area contributed by atoms with Gasteiger partial charge in [-0.1, -0.05) is 53.2 Å². The Kier molecular flexibility index (Phi) is 6.09. The average molecular weight is 415 g/mol. The van der Waals surface area contributed by atoms with Crippen LogP contribution in [0.25, 0.3) is 0 Å². The highest BCUT2D eigenvalue weighted by molar-refractivity contribution is 9.10. The van der Waals surface area contributed by atoms with Crippen molar-refractivity contribution >= 4 is 33.4 Å². The molecular formula is C21H23BrN2O2. The van der Waals surface area contributed by atoms with Crippen LogP contribution >= 0.6 is 15.9 Å². The van der Waals surface area contributed by atoms with E-state index >= 15 is 0 Å². The molecule has 0 aromatic heterocycles. The standard InChI is InChI=1S/C21H23BrN2O2/c1-2-18(14-7-10-17(22)11-8-14)23-20(25)12-9-16-13-15-5-3-4-6-19(15)24-21(16)26/h3-8,10-11,16,18H,2,9,12-13H2,1H3,(H,23,25)(H,24,26). The van der Waals surface area contributed by atoms with Crippen LogP contribution < -0.4 is 10.6 Å². The van der Waals surface area contributed by atoms with Crippen LogP contribution in [0.2, 0.25) is 0 Å². The zero-order valence-corrected chi connectivity index (χ0v) is 16.4. The van der Waals surface area contributed by atoms with Crippen molar-refractivity contribution in [2.24, 2.45) is 5.92 Å². The molecule has 0 radical (unpaired) electrons. The van der Waals surface area contributed by atoms with E-state index in [-0.39, 0.29) is 23.8 Å². The van der Waals surface area contributed by atoms with Crippen molar-refractivity contribution in [1.82, 2.24) is 5.32 Å². The predicted octanol–water partition coefficient (Wildman–Crippen LogP) is 4.61. The van der Waals surface area contributed by atoms with Gasteiger partial charge in [0.1, 0.15) is 0 Å². The van der Waals surface area contributed by atoms with Crippen molar-refractivity contribution in [3.05, 3.63) is 64.1 Å². The van der Waals surface area contributed by atoms with Gasteiger partial charge in [0.15, 0.2) is 0 Å². The van der Waals surface area contributed by atoms with Gasteiger partial charge in [0.2, 0.25) is 11.8 Å². The number of halogens is 1. The fraction of sp³-hybridized carbons (Fsp3) is 0.333. The molecule has 3 rings (SSSR count). The number of fused-ring (bicyclic) bond motifs is 1.